The summed E-state index contributed by atoms with van der Waals surface area (Å²) in [4.78, 5) is 0.158. The summed E-state index contributed by atoms with van der Waals surface area (Å²) >= 11 is 0. The smallest absolute Gasteiger partial charge is 0.330 e. The highest BCUT2D eigenvalue weighted by Crippen LogP contribution is 2.42. The van der Waals surface area contributed by atoms with Crippen molar-refractivity contribution >= 4 is 6.08 Å². The van der Waals surface area contributed by atoms with Crippen LogP contribution in [0.25, 0.3) is 6.08 Å². The van der Waals surface area contributed by atoms with E-state index in [9.17, 15) is 55.3 Å². The summed E-state index contributed by atoms with van der Waals surface area (Å²) in [7, 11) is 0. The molecule has 0 atom stereocenters. The summed E-state index contributed by atoms with van der Waals surface area (Å²) in [6.07, 6.45) is -12.9. The lowest BCUT2D eigenvalue weighted by Gasteiger charge is -2.34. The van der Waals surface area contributed by atoms with Crippen LogP contribution in [0, 0.1) is 34.0 Å². The highest BCUT2D eigenvalue weighted by atomic mass is 19.4. The Kier molecular flexibility index (Phi) is 9.12. The zero-order valence-corrected chi connectivity index (χ0v) is 23.2. The third kappa shape index (κ3) is 7.51. The second-order valence-corrected chi connectivity index (χ2v) is 10.6. The number of nitriles is 3. The third-order valence-corrected chi connectivity index (χ3v) is 6.46. The molecule has 2 aromatic rings. The van der Waals surface area contributed by atoms with Gasteiger partial charge in [0.15, 0.2) is 5.57 Å². The first-order valence-electron chi connectivity index (χ1n) is 12.5. The van der Waals surface area contributed by atoms with Gasteiger partial charge in [-0.25, -0.2) is 0 Å². The van der Waals surface area contributed by atoms with E-state index < -0.39 is 69.9 Å². The van der Waals surface area contributed by atoms with Crippen molar-refractivity contribution in [2.24, 2.45) is 0 Å². The van der Waals surface area contributed by atoms with E-state index in [2.05, 4.69) is 0 Å². The van der Waals surface area contributed by atoms with Gasteiger partial charge in [0.25, 0.3) is 0 Å². The summed E-state index contributed by atoms with van der Waals surface area (Å²) < 4.78 is 124. The topological polar surface area (TPSA) is 74.6 Å². The minimum atomic E-state index is -5.29. The van der Waals surface area contributed by atoms with Gasteiger partial charge in [-0.3, -0.25) is 0 Å². The Hall–Kier alpha value is -4.96. The van der Waals surface area contributed by atoms with E-state index in [1.807, 2.05) is 20.8 Å². The van der Waals surface area contributed by atoms with E-state index in [0.29, 0.717) is 11.6 Å². The van der Waals surface area contributed by atoms with Crippen molar-refractivity contribution in [2.45, 2.75) is 51.3 Å². The van der Waals surface area contributed by atoms with Gasteiger partial charge in [-0.05, 0) is 52.0 Å². The average Bonchev–Trinajstić information content (AvgIpc) is 2.91. The molecule has 0 saturated carbocycles. The minimum absolute atomic E-state index is 0.158. The first kappa shape index (κ1) is 33.5. The lowest BCUT2D eigenvalue weighted by Crippen LogP contribution is -2.35. The molecule has 0 radical (unpaired) electrons. The Morgan fingerprint density at radius 1 is 0.727 bits per heavy atom. The van der Waals surface area contributed by atoms with Crippen LogP contribution in [0.3, 0.4) is 0 Å². The molecule has 1 heterocycles. The molecule has 3 rings (SSSR count). The van der Waals surface area contributed by atoms with Crippen LogP contribution in [0.1, 0.15) is 48.6 Å². The maximum Gasteiger partial charge on any atom is 0.431 e. The largest absolute Gasteiger partial charge is 0.431 e. The molecule has 1 aliphatic heterocycles. The molecule has 0 unspecified atom stereocenters. The van der Waals surface area contributed by atoms with Crippen molar-refractivity contribution in [1.29, 1.82) is 15.8 Å². The molecule has 44 heavy (non-hydrogen) atoms. The minimum Gasteiger partial charge on any atom is -0.330 e. The van der Waals surface area contributed by atoms with E-state index in [1.165, 1.54) is 18.2 Å². The summed E-state index contributed by atoms with van der Waals surface area (Å²) in [6.45, 7) is 4.62. The molecule has 13 heteroatoms. The second-order valence-electron chi connectivity index (χ2n) is 10.6. The van der Waals surface area contributed by atoms with Crippen LogP contribution in [0.4, 0.5) is 39.5 Å². The molecule has 0 aromatic heterocycles. The second kappa shape index (κ2) is 12.0. The van der Waals surface area contributed by atoms with Crippen LogP contribution in [-0.4, -0.2) is 11.1 Å². The molecule has 0 fully saturated rings. The first-order chi connectivity index (χ1) is 20.2. The maximum atomic E-state index is 14.4. The van der Waals surface area contributed by atoms with E-state index in [-0.39, 0.29) is 28.5 Å². The van der Waals surface area contributed by atoms with E-state index in [1.54, 1.807) is 30.3 Å². The highest BCUT2D eigenvalue weighted by molar-refractivity contribution is 5.66. The molecule has 0 spiro atoms. The van der Waals surface area contributed by atoms with E-state index >= 15 is 0 Å². The SMILES string of the molecule is CC(C)(C)c1ccc(/C=C/C2=C(C#N)C(=C(C#N)C#N)N(Cc3cc(C(F)(F)F)cc(C(F)(F)F)c3)C(C(F)(F)F)=C2)cc1. The zero-order chi connectivity index (χ0) is 33.3. The molecule has 0 aliphatic carbocycles. The molecular formula is C31H21F9N4. The molecule has 1 aliphatic rings. The van der Waals surface area contributed by atoms with Gasteiger partial charge in [0.1, 0.15) is 23.9 Å². The van der Waals surface area contributed by atoms with E-state index in [0.717, 1.165) is 11.6 Å². The average molecular weight is 621 g/mol. The predicted octanol–water partition coefficient (Wildman–Crippen LogP) is 9.12. The molecule has 228 valence electrons. The van der Waals surface area contributed by atoms with Crippen molar-refractivity contribution in [3.63, 3.8) is 0 Å². The number of alkyl halides is 9. The van der Waals surface area contributed by atoms with Crippen LogP contribution < -0.4 is 0 Å². The lowest BCUT2D eigenvalue weighted by molar-refractivity contribution is -0.143. The molecule has 2 aromatic carbocycles. The van der Waals surface area contributed by atoms with Crippen LogP contribution in [0.15, 0.2) is 82.7 Å². The zero-order valence-electron chi connectivity index (χ0n) is 23.2. The highest BCUT2D eigenvalue weighted by Gasteiger charge is 2.44. The van der Waals surface area contributed by atoms with Crippen molar-refractivity contribution in [3.05, 3.63) is 111 Å². The first-order valence-corrected chi connectivity index (χ1v) is 12.5. The summed E-state index contributed by atoms with van der Waals surface area (Å²) in [5.74, 6) is 0. The lowest BCUT2D eigenvalue weighted by atomic mass is 9.86. The Morgan fingerprint density at radius 3 is 1.66 bits per heavy atom. The number of hydrogen-bond donors (Lipinski definition) is 0. The van der Waals surface area contributed by atoms with Crippen molar-refractivity contribution in [2.75, 3.05) is 0 Å². The van der Waals surface area contributed by atoms with Gasteiger partial charge < -0.3 is 4.90 Å². The molecule has 0 N–H and O–H groups in total. The quantitative estimate of drug-likeness (QED) is 0.252. The molecule has 4 nitrogen and oxygen atoms in total. The van der Waals surface area contributed by atoms with Gasteiger partial charge in [-0.15, -0.1) is 0 Å². The van der Waals surface area contributed by atoms with Crippen molar-refractivity contribution in [3.8, 4) is 18.2 Å². The van der Waals surface area contributed by atoms with E-state index in [4.69, 9.17) is 0 Å². The Balaban J connectivity index is 2.26. The van der Waals surface area contributed by atoms with Crippen LogP contribution in [0.5, 0.6) is 0 Å². The van der Waals surface area contributed by atoms with Crippen molar-refractivity contribution in [1.82, 2.24) is 4.90 Å². The van der Waals surface area contributed by atoms with Gasteiger partial charge in [-0.1, -0.05) is 57.2 Å². The Morgan fingerprint density at radius 2 is 1.25 bits per heavy atom. The Bertz CT molecular complexity index is 1640. The number of allylic oxidation sites excluding steroid dienone is 6. The summed E-state index contributed by atoms with van der Waals surface area (Å²) in [5.41, 5.74) is -7.71. The number of rotatable bonds is 4. The van der Waals surface area contributed by atoms with Crippen molar-refractivity contribution < 1.29 is 39.5 Å². The van der Waals surface area contributed by atoms with Gasteiger partial charge in [-0.2, -0.15) is 55.3 Å². The van der Waals surface area contributed by atoms with Gasteiger partial charge in [0.2, 0.25) is 0 Å². The van der Waals surface area contributed by atoms with Crippen LogP contribution in [-0.2, 0) is 24.3 Å². The third-order valence-electron chi connectivity index (χ3n) is 6.46. The molecule has 0 saturated heterocycles. The molecule has 0 amide bonds. The number of halogens is 9. The normalized spacial score (nSPS) is 14.7. The fourth-order valence-electron chi connectivity index (χ4n) is 4.30. The van der Waals surface area contributed by atoms with Gasteiger partial charge >= 0.3 is 18.5 Å². The number of hydrogen-bond acceptors (Lipinski definition) is 4. The number of benzene rings is 2. The number of nitrogens with zero attached hydrogens (tertiary/aromatic N) is 4. The van der Waals surface area contributed by atoms with Crippen LogP contribution in [0.2, 0.25) is 0 Å². The standard InChI is InChI=1S/C31H21F9N4/c1-28(2,3)22-8-5-18(6-9-22)4-7-20-12-26(31(38,39)40)44(27(25(20)16-43)21(14-41)15-42)17-19-10-23(29(32,33)34)13-24(11-19)30(35,36)37/h4-13H,17H2,1-3H3/b7-4+. The molecule has 0 bridgehead atoms. The van der Waals surface area contributed by atoms with Gasteiger partial charge in [0.05, 0.1) is 22.4 Å². The van der Waals surface area contributed by atoms with Gasteiger partial charge in [0, 0.05) is 6.54 Å². The van der Waals surface area contributed by atoms with Crippen LogP contribution >= 0.6 is 0 Å². The fourth-order valence-corrected chi connectivity index (χ4v) is 4.30. The molecular weight excluding hydrogens is 599 g/mol. The predicted molar refractivity (Wildman–Crippen MR) is 141 cm³/mol. The fraction of sp³-hybridized carbons (Fsp3) is 0.258. The summed E-state index contributed by atoms with van der Waals surface area (Å²) in [6, 6.07) is 11.6. The monoisotopic (exact) mass is 620 g/mol. The Labute approximate surface area is 246 Å². The maximum absolute atomic E-state index is 14.4. The summed E-state index contributed by atoms with van der Waals surface area (Å²) in [5, 5.41) is 29.0.